The van der Waals surface area contributed by atoms with Crippen LogP contribution in [0.25, 0.3) is 0 Å². The van der Waals surface area contributed by atoms with E-state index in [9.17, 15) is 0 Å². The second kappa shape index (κ2) is 5.30. The summed E-state index contributed by atoms with van der Waals surface area (Å²) >= 11 is 3.43. The molecule has 0 aromatic heterocycles. The Balaban J connectivity index is 2.01. The van der Waals surface area contributed by atoms with Gasteiger partial charge in [-0.25, -0.2) is 0 Å². The van der Waals surface area contributed by atoms with Crippen molar-refractivity contribution in [3.63, 3.8) is 0 Å². The van der Waals surface area contributed by atoms with Gasteiger partial charge in [-0.1, -0.05) is 35.7 Å². The maximum atomic E-state index is 6.00. The first-order chi connectivity index (χ1) is 8.15. The van der Waals surface area contributed by atoms with Crippen molar-refractivity contribution >= 4 is 27.3 Å². The molecule has 17 heavy (non-hydrogen) atoms. The molecule has 0 unspecified atom stereocenters. The van der Waals surface area contributed by atoms with E-state index in [-0.39, 0.29) is 0 Å². The summed E-state index contributed by atoms with van der Waals surface area (Å²) in [5, 5.41) is 3.53. The van der Waals surface area contributed by atoms with E-state index < -0.39 is 0 Å². The Morgan fingerprint density at radius 1 is 1.35 bits per heavy atom. The zero-order valence-electron chi connectivity index (χ0n) is 10.4. The van der Waals surface area contributed by atoms with E-state index in [1.54, 1.807) is 0 Å². The molecule has 0 radical (unpaired) electrons. The molecule has 1 aromatic carbocycles. The van der Waals surface area contributed by atoms with Crippen LogP contribution in [0.2, 0.25) is 0 Å². The predicted molar refractivity (Wildman–Crippen MR) is 78.2 cm³/mol. The molecule has 0 spiro atoms. The summed E-state index contributed by atoms with van der Waals surface area (Å²) in [5.41, 5.74) is 8.38. The smallest absolute Gasteiger partial charge is 0.0574 e. The number of halogens is 1. The molecule has 2 rings (SSSR count). The Kier molecular flexibility index (Phi) is 3.97. The van der Waals surface area contributed by atoms with Gasteiger partial charge in [0.2, 0.25) is 0 Å². The van der Waals surface area contributed by atoms with Crippen molar-refractivity contribution in [1.82, 2.24) is 0 Å². The Morgan fingerprint density at radius 2 is 2.06 bits per heavy atom. The van der Waals surface area contributed by atoms with Gasteiger partial charge in [-0.3, -0.25) is 0 Å². The fourth-order valence-corrected chi connectivity index (χ4v) is 3.14. The maximum Gasteiger partial charge on any atom is 0.0574 e. The number of anilines is 2. The highest BCUT2D eigenvalue weighted by atomic mass is 79.9. The molecule has 0 atom stereocenters. The SMILES string of the molecule is CCC1(CNc2ccc(Br)cc2N)CCCC1. The third kappa shape index (κ3) is 2.95. The molecule has 1 aliphatic rings. The third-order valence-electron chi connectivity index (χ3n) is 4.08. The molecule has 3 N–H and O–H groups in total. The first-order valence-electron chi connectivity index (χ1n) is 6.44. The highest BCUT2D eigenvalue weighted by molar-refractivity contribution is 9.10. The van der Waals surface area contributed by atoms with E-state index in [0.29, 0.717) is 5.41 Å². The number of rotatable bonds is 4. The Morgan fingerprint density at radius 3 is 2.65 bits per heavy atom. The molecular formula is C14H21BrN2. The van der Waals surface area contributed by atoms with E-state index in [2.05, 4.69) is 34.2 Å². The lowest BCUT2D eigenvalue weighted by atomic mass is 9.83. The number of benzene rings is 1. The van der Waals surface area contributed by atoms with Gasteiger partial charge in [-0.15, -0.1) is 0 Å². The van der Waals surface area contributed by atoms with Crippen LogP contribution in [0.4, 0.5) is 11.4 Å². The van der Waals surface area contributed by atoms with E-state index in [1.807, 2.05) is 12.1 Å². The molecule has 0 amide bonds. The first kappa shape index (κ1) is 12.7. The van der Waals surface area contributed by atoms with Crippen molar-refractivity contribution < 1.29 is 0 Å². The first-order valence-corrected chi connectivity index (χ1v) is 7.23. The Labute approximate surface area is 112 Å². The summed E-state index contributed by atoms with van der Waals surface area (Å²) in [6, 6.07) is 6.04. The van der Waals surface area contributed by atoms with Crippen molar-refractivity contribution in [2.75, 3.05) is 17.6 Å². The van der Waals surface area contributed by atoms with Gasteiger partial charge in [-0.2, -0.15) is 0 Å². The summed E-state index contributed by atoms with van der Waals surface area (Å²) in [4.78, 5) is 0. The molecule has 3 heteroatoms. The van der Waals surface area contributed by atoms with Gasteiger partial charge < -0.3 is 11.1 Å². The topological polar surface area (TPSA) is 38.0 Å². The summed E-state index contributed by atoms with van der Waals surface area (Å²) in [6.07, 6.45) is 6.73. The monoisotopic (exact) mass is 296 g/mol. The van der Waals surface area contributed by atoms with Crippen molar-refractivity contribution in [1.29, 1.82) is 0 Å². The van der Waals surface area contributed by atoms with Gasteiger partial charge in [-0.05, 0) is 42.9 Å². The van der Waals surface area contributed by atoms with Crippen LogP contribution < -0.4 is 11.1 Å². The fourth-order valence-electron chi connectivity index (χ4n) is 2.76. The van der Waals surface area contributed by atoms with Gasteiger partial charge in [0.15, 0.2) is 0 Å². The van der Waals surface area contributed by atoms with Crippen LogP contribution in [0.3, 0.4) is 0 Å². The normalized spacial score (nSPS) is 18.2. The lowest BCUT2D eigenvalue weighted by Crippen LogP contribution is -2.26. The Hall–Kier alpha value is -0.700. The van der Waals surface area contributed by atoms with Crippen molar-refractivity contribution in [3.05, 3.63) is 22.7 Å². The molecule has 0 bridgehead atoms. The largest absolute Gasteiger partial charge is 0.397 e. The lowest BCUT2D eigenvalue weighted by molar-refractivity contribution is 0.307. The van der Waals surface area contributed by atoms with Crippen LogP contribution >= 0.6 is 15.9 Å². The number of nitrogen functional groups attached to an aromatic ring is 1. The predicted octanol–water partition coefficient (Wildman–Crippen LogP) is 4.41. The van der Waals surface area contributed by atoms with Crippen LogP contribution in [0.15, 0.2) is 22.7 Å². The zero-order valence-corrected chi connectivity index (χ0v) is 12.0. The number of hydrogen-bond acceptors (Lipinski definition) is 2. The molecule has 1 aliphatic carbocycles. The molecule has 2 nitrogen and oxygen atoms in total. The van der Waals surface area contributed by atoms with Crippen molar-refractivity contribution in [3.8, 4) is 0 Å². The summed E-state index contributed by atoms with van der Waals surface area (Å²) < 4.78 is 1.03. The summed E-state index contributed by atoms with van der Waals surface area (Å²) in [5.74, 6) is 0. The molecule has 0 heterocycles. The highest BCUT2D eigenvalue weighted by Crippen LogP contribution is 2.41. The van der Waals surface area contributed by atoms with E-state index in [4.69, 9.17) is 5.73 Å². The minimum absolute atomic E-state index is 0.500. The fraction of sp³-hybridized carbons (Fsp3) is 0.571. The zero-order chi connectivity index (χ0) is 12.3. The molecule has 1 saturated carbocycles. The van der Waals surface area contributed by atoms with Gasteiger partial charge in [0.1, 0.15) is 0 Å². The van der Waals surface area contributed by atoms with Crippen LogP contribution in [0.5, 0.6) is 0 Å². The Bertz CT molecular complexity index is 384. The lowest BCUT2D eigenvalue weighted by Gasteiger charge is -2.28. The standard InChI is InChI=1S/C14H21BrN2/c1-2-14(7-3-4-8-14)10-17-13-6-5-11(15)9-12(13)16/h5-6,9,17H,2-4,7-8,10,16H2,1H3. The minimum Gasteiger partial charge on any atom is -0.397 e. The molecule has 0 saturated heterocycles. The third-order valence-corrected chi connectivity index (χ3v) is 4.57. The maximum absolute atomic E-state index is 6.00. The molecule has 0 aliphatic heterocycles. The van der Waals surface area contributed by atoms with Crippen LogP contribution in [-0.4, -0.2) is 6.54 Å². The second-order valence-electron chi connectivity index (χ2n) is 5.15. The van der Waals surface area contributed by atoms with E-state index in [1.165, 1.54) is 32.1 Å². The van der Waals surface area contributed by atoms with Gasteiger partial charge >= 0.3 is 0 Å². The average Bonchev–Trinajstić information content (AvgIpc) is 2.77. The van der Waals surface area contributed by atoms with Crippen LogP contribution in [-0.2, 0) is 0 Å². The summed E-state index contributed by atoms with van der Waals surface area (Å²) in [6.45, 7) is 3.35. The van der Waals surface area contributed by atoms with Gasteiger partial charge in [0, 0.05) is 11.0 Å². The molecule has 1 fully saturated rings. The number of nitrogens with two attached hydrogens (primary N) is 1. The number of hydrogen-bond donors (Lipinski definition) is 2. The van der Waals surface area contributed by atoms with Crippen molar-refractivity contribution in [2.24, 2.45) is 5.41 Å². The minimum atomic E-state index is 0.500. The van der Waals surface area contributed by atoms with Crippen molar-refractivity contribution in [2.45, 2.75) is 39.0 Å². The van der Waals surface area contributed by atoms with E-state index >= 15 is 0 Å². The quantitative estimate of drug-likeness (QED) is 0.808. The number of nitrogens with one attached hydrogen (secondary N) is 1. The molecular weight excluding hydrogens is 276 g/mol. The molecule has 1 aromatic rings. The summed E-state index contributed by atoms with van der Waals surface area (Å²) in [7, 11) is 0. The van der Waals surface area contributed by atoms with Gasteiger partial charge in [0.05, 0.1) is 11.4 Å². The molecule has 94 valence electrons. The van der Waals surface area contributed by atoms with E-state index in [0.717, 1.165) is 22.4 Å². The highest BCUT2D eigenvalue weighted by Gasteiger charge is 2.31. The second-order valence-corrected chi connectivity index (χ2v) is 6.06. The average molecular weight is 297 g/mol. The van der Waals surface area contributed by atoms with Gasteiger partial charge in [0.25, 0.3) is 0 Å². The van der Waals surface area contributed by atoms with Crippen LogP contribution in [0.1, 0.15) is 39.0 Å². The van der Waals surface area contributed by atoms with Crippen LogP contribution in [0, 0.1) is 5.41 Å².